The molecule has 1 atom stereocenters. The van der Waals surface area contributed by atoms with Crippen molar-refractivity contribution in [3.05, 3.63) is 12.3 Å². The molecule has 0 aromatic rings. The van der Waals surface area contributed by atoms with Crippen LogP contribution in [0.1, 0.15) is 47.0 Å². The van der Waals surface area contributed by atoms with Crippen molar-refractivity contribution in [1.29, 1.82) is 0 Å². The Balaban J connectivity index is 4.26. The predicted molar refractivity (Wildman–Crippen MR) is 69.9 cm³/mol. The van der Waals surface area contributed by atoms with Crippen LogP contribution < -0.4 is 5.32 Å². The van der Waals surface area contributed by atoms with Crippen LogP contribution in [0, 0.1) is 5.41 Å². The van der Waals surface area contributed by atoms with Crippen molar-refractivity contribution in [2.24, 2.45) is 5.41 Å². The molecule has 3 heteroatoms. The molecule has 0 bridgehead atoms. The van der Waals surface area contributed by atoms with Gasteiger partial charge in [-0.15, -0.1) is 0 Å². The van der Waals surface area contributed by atoms with E-state index < -0.39 is 5.60 Å². The molecule has 0 spiro atoms. The SMILES string of the molecule is C=C(NC=S)C(C)(O)CCC(C)(C)CC. The Labute approximate surface area is 98.8 Å². The molecule has 0 aliphatic rings. The molecule has 0 amide bonds. The lowest BCUT2D eigenvalue weighted by Gasteiger charge is -2.30. The van der Waals surface area contributed by atoms with E-state index in [9.17, 15) is 5.11 Å². The monoisotopic (exact) mass is 229 g/mol. The molecular weight excluding hydrogens is 206 g/mol. The van der Waals surface area contributed by atoms with E-state index in [0.29, 0.717) is 12.1 Å². The Morgan fingerprint density at radius 2 is 1.93 bits per heavy atom. The molecule has 1 unspecified atom stereocenters. The van der Waals surface area contributed by atoms with Crippen molar-refractivity contribution in [2.45, 2.75) is 52.6 Å². The third kappa shape index (κ3) is 5.28. The summed E-state index contributed by atoms with van der Waals surface area (Å²) in [6, 6.07) is 0. The van der Waals surface area contributed by atoms with Gasteiger partial charge in [0.15, 0.2) is 0 Å². The molecule has 0 aromatic heterocycles. The molecule has 0 radical (unpaired) electrons. The van der Waals surface area contributed by atoms with Gasteiger partial charge in [-0.2, -0.15) is 0 Å². The van der Waals surface area contributed by atoms with Gasteiger partial charge in [0.05, 0.1) is 5.49 Å². The molecule has 0 heterocycles. The molecule has 0 rings (SSSR count). The average Bonchev–Trinajstić information content (AvgIpc) is 2.16. The number of rotatable bonds is 7. The minimum absolute atomic E-state index is 0.266. The second-order valence-corrected chi connectivity index (χ2v) is 5.27. The first kappa shape index (κ1) is 14.6. The Morgan fingerprint density at radius 1 is 1.40 bits per heavy atom. The van der Waals surface area contributed by atoms with E-state index in [-0.39, 0.29) is 5.41 Å². The van der Waals surface area contributed by atoms with Crippen LogP contribution in [0.2, 0.25) is 0 Å². The van der Waals surface area contributed by atoms with Crippen molar-refractivity contribution in [3.63, 3.8) is 0 Å². The molecule has 0 saturated heterocycles. The van der Waals surface area contributed by atoms with E-state index in [4.69, 9.17) is 0 Å². The fourth-order valence-corrected chi connectivity index (χ4v) is 1.28. The first-order chi connectivity index (χ1) is 6.75. The molecule has 0 aromatic carbocycles. The molecule has 2 nitrogen and oxygen atoms in total. The highest BCUT2D eigenvalue weighted by molar-refractivity contribution is 7.78. The lowest BCUT2D eigenvalue weighted by atomic mass is 9.81. The zero-order valence-corrected chi connectivity index (χ0v) is 11.1. The van der Waals surface area contributed by atoms with Gasteiger partial charge in [-0.25, -0.2) is 0 Å². The second kappa shape index (κ2) is 5.61. The first-order valence-electron chi connectivity index (χ1n) is 5.37. The van der Waals surface area contributed by atoms with E-state index in [1.807, 2.05) is 0 Å². The molecule has 88 valence electrons. The third-order valence-electron chi connectivity index (χ3n) is 3.13. The third-order valence-corrected chi connectivity index (χ3v) is 3.25. The number of aliphatic hydroxyl groups is 1. The van der Waals surface area contributed by atoms with Crippen LogP contribution in [-0.4, -0.2) is 16.2 Å². The molecule has 2 N–H and O–H groups in total. The smallest absolute Gasteiger partial charge is 0.101 e. The average molecular weight is 229 g/mol. The van der Waals surface area contributed by atoms with Gasteiger partial charge in [-0.1, -0.05) is 46.0 Å². The summed E-state index contributed by atoms with van der Waals surface area (Å²) in [5.74, 6) is 0. The van der Waals surface area contributed by atoms with Crippen LogP contribution in [0.15, 0.2) is 12.3 Å². The van der Waals surface area contributed by atoms with E-state index >= 15 is 0 Å². The number of hydrogen-bond acceptors (Lipinski definition) is 2. The highest BCUT2D eigenvalue weighted by Gasteiger charge is 2.27. The van der Waals surface area contributed by atoms with Crippen LogP contribution in [0.4, 0.5) is 0 Å². The molecule has 0 aliphatic heterocycles. The summed E-state index contributed by atoms with van der Waals surface area (Å²) in [6.45, 7) is 12.1. The summed E-state index contributed by atoms with van der Waals surface area (Å²) in [7, 11) is 0. The van der Waals surface area contributed by atoms with Crippen molar-refractivity contribution in [1.82, 2.24) is 5.32 Å². The maximum atomic E-state index is 10.1. The van der Waals surface area contributed by atoms with E-state index in [1.54, 1.807) is 6.92 Å². The zero-order chi connectivity index (χ0) is 12.1. The lowest BCUT2D eigenvalue weighted by Crippen LogP contribution is -2.35. The predicted octanol–water partition coefficient (Wildman–Crippen LogP) is 3.01. The maximum absolute atomic E-state index is 10.1. The molecule has 0 saturated carbocycles. The van der Waals surface area contributed by atoms with Crippen molar-refractivity contribution >= 4 is 17.7 Å². The number of hydrogen-bond donors (Lipinski definition) is 2. The first-order valence-corrected chi connectivity index (χ1v) is 5.84. The van der Waals surface area contributed by atoms with E-state index in [2.05, 4.69) is 44.9 Å². The Morgan fingerprint density at radius 3 is 2.33 bits per heavy atom. The van der Waals surface area contributed by atoms with Crippen LogP contribution in [0.3, 0.4) is 0 Å². The van der Waals surface area contributed by atoms with Gasteiger partial charge in [0, 0.05) is 5.70 Å². The molecule has 0 fully saturated rings. The van der Waals surface area contributed by atoms with Gasteiger partial charge < -0.3 is 10.4 Å². The zero-order valence-electron chi connectivity index (χ0n) is 10.3. The van der Waals surface area contributed by atoms with E-state index in [1.165, 1.54) is 5.49 Å². The second-order valence-electron chi connectivity index (χ2n) is 5.03. The van der Waals surface area contributed by atoms with Crippen LogP contribution >= 0.6 is 12.2 Å². The largest absolute Gasteiger partial charge is 0.384 e. The van der Waals surface area contributed by atoms with Crippen molar-refractivity contribution in [3.8, 4) is 0 Å². The summed E-state index contributed by atoms with van der Waals surface area (Å²) < 4.78 is 0. The van der Waals surface area contributed by atoms with Gasteiger partial charge in [0.2, 0.25) is 0 Å². The van der Waals surface area contributed by atoms with Crippen LogP contribution in [0.5, 0.6) is 0 Å². The molecule has 15 heavy (non-hydrogen) atoms. The van der Waals surface area contributed by atoms with Gasteiger partial charge in [0.1, 0.15) is 5.60 Å². The highest BCUT2D eigenvalue weighted by Crippen LogP contribution is 2.31. The number of thiocarbonyl (C=S) groups is 1. The van der Waals surface area contributed by atoms with Crippen LogP contribution in [-0.2, 0) is 0 Å². The lowest BCUT2D eigenvalue weighted by molar-refractivity contribution is 0.0692. The van der Waals surface area contributed by atoms with Crippen LogP contribution in [0.25, 0.3) is 0 Å². The minimum atomic E-state index is -0.887. The van der Waals surface area contributed by atoms with Gasteiger partial charge >= 0.3 is 0 Å². The Bertz CT molecular complexity index is 234. The standard InChI is InChI=1S/C12H23NOS/c1-6-11(3,4)7-8-12(5,14)10(2)13-9-15/h9,14H,2,6-8H2,1,3-5H3,(H,13,15). The fourth-order valence-electron chi connectivity index (χ4n) is 1.14. The maximum Gasteiger partial charge on any atom is 0.101 e. The normalized spacial score (nSPS) is 15.5. The Hall–Kier alpha value is -0.410. The molecular formula is C12H23NOS. The minimum Gasteiger partial charge on any atom is -0.384 e. The number of nitrogens with one attached hydrogen (secondary N) is 1. The van der Waals surface area contributed by atoms with Gasteiger partial charge in [-0.05, 0) is 25.2 Å². The molecule has 0 aliphatic carbocycles. The van der Waals surface area contributed by atoms with Gasteiger partial charge in [-0.3, -0.25) is 0 Å². The Kier molecular flexibility index (Phi) is 5.46. The summed E-state index contributed by atoms with van der Waals surface area (Å²) in [6.07, 6.45) is 2.77. The fraction of sp³-hybridized carbons (Fsp3) is 0.750. The van der Waals surface area contributed by atoms with Crippen molar-refractivity contribution < 1.29 is 5.11 Å². The van der Waals surface area contributed by atoms with Gasteiger partial charge in [0.25, 0.3) is 0 Å². The summed E-state index contributed by atoms with van der Waals surface area (Å²) in [4.78, 5) is 0. The summed E-state index contributed by atoms with van der Waals surface area (Å²) in [5.41, 5.74) is 1.33. The summed E-state index contributed by atoms with van der Waals surface area (Å²) in [5, 5.41) is 12.9. The summed E-state index contributed by atoms with van der Waals surface area (Å²) >= 11 is 4.67. The quantitative estimate of drug-likeness (QED) is 0.658. The highest BCUT2D eigenvalue weighted by atomic mass is 32.1. The topological polar surface area (TPSA) is 32.3 Å². The van der Waals surface area contributed by atoms with Crippen molar-refractivity contribution in [2.75, 3.05) is 0 Å². The van der Waals surface area contributed by atoms with E-state index in [0.717, 1.165) is 12.8 Å².